The van der Waals surface area contributed by atoms with Gasteiger partial charge in [0, 0.05) is 18.2 Å². The summed E-state index contributed by atoms with van der Waals surface area (Å²) in [6.45, 7) is 0.716. The van der Waals surface area contributed by atoms with E-state index in [9.17, 15) is 8.42 Å². The number of aryl methyl sites for hydroxylation is 1. The van der Waals surface area contributed by atoms with Gasteiger partial charge < -0.3 is 5.32 Å². The zero-order valence-corrected chi connectivity index (χ0v) is 14.2. The van der Waals surface area contributed by atoms with Crippen molar-refractivity contribution in [1.82, 2.24) is 4.98 Å². The molecule has 0 radical (unpaired) electrons. The maximum absolute atomic E-state index is 11.7. The molecule has 2 unspecified atom stereocenters. The Balaban J connectivity index is 1.53. The van der Waals surface area contributed by atoms with Gasteiger partial charge in [0.15, 0.2) is 0 Å². The molecule has 1 aromatic heterocycles. The number of benzene rings is 1. The van der Waals surface area contributed by atoms with E-state index in [0.29, 0.717) is 18.3 Å². The Morgan fingerprint density at radius 2 is 2.08 bits per heavy atom. The maximum atomic E-state index is 11.7. The average molecular weight is 343 g/mol. The van der Waals surface area contributed by atoms with Crippen LogP contribution in [0.4, 0.5) is 5.82 Å². The highest BCUT2D eigenvalue weighted by Gasteiger charge is 2.56. The van der Waals surface area contributed by atoms with Crippen LogP contribution in [0.15, 0.2) is 47.5 Å². The zero-order chi connectivity index (χ0) is 16.8. The van der Waals surface area contributed by atoms with Crippen molar-refractivity contribution >= 4 is 15.8 Å². The van der Waals surface area contributed by atoms with Gasteiger partial charge in [-0.05, 0) is 54.9 Å². The summed E-state index contributed by atoms with van der Waals surface area (Å²) in [5, 5.41) is 8.49. The number of nitrogens with two attached hydrogens (primary N) is 1. The monoisotopic (exact) mass is 343 g/mol. The number of sulfonamides is 1. The first-order chi connectivity index (χ1) is 11.5. The topological polar surface area (TPSA) is 85.1 Å². The van der Waals surface area contributed by atoms with E-state index in [1.165, 1.54) is 30.0 Å². The minimum absolute atomic E-state index is 0.0590. The van der Waals surface area contributed by atoms with Gasteiger partial charge in [0.05, 0.1) is 0 Å². The van der Waals surface area contributed by atoms with Crippen LogP contribution in [0.5, 0.6) is 0 Å². The Labute approximate surface area is 142 Å². The second-order valence-electron chi connectivity index (χ2n) is 6.84. The van der Waals surface area contributed by atoms with Gasteiger partial charge in [-0.3, -0.25) is 0 Å². The van der Waals surface area contributed by atoms with Crippen molar-refractivity contribution in [3.8, 4) is 0 Å². The van der Waals surface area contributed by atoms with Crippen LogP contribution in [0, 0.1) is 5.92 Å². The van der Waals surface area contributed by atoms with Gasteiger partial charge >= 0.3 is 0 Å². The molecule has 1 aromatic carbocycles. The Bertz CT molecular complexity index is 881. The molecule has 0 bridgehead atoms. The number of pyridine rings is 1. The lowest BCUT2D eigenvalue weighted by molar-refractivity contribution is 0.503. The summed E-state index contributed by atoms with van der Waals surface area (Å²) in [5.41, 5.74) is 3.21. The van der Waals surface area contributed by atoms with Crippen molar-refractivity contribution in [2.45, 2.75) is 36.0 Å². The van der Waals surface area contributed by atoms with Crippen LogP contribution in [0.3, 0.4) is 0 Å². The third kappa shape index (κ3) is 2.59. The number of nitrogens with zero attached hydrogens (tertiary/aromatic N) is 1. The number of primary sulfonamides is 1. The smallest absolute Gasteiger partial charge is 0.241 e. The van der Waals surface area contributed by atoms with E-state index in [4.69, 9.17) is 5.14 Å². The third-order valence-electron chi connectivity index (χ3n) is 5.45. The van der Waals surface area contributed by atoms with Crippen molar-refractivity contribution in [3.05, 3.63) is 53.7 Å². The van der Waals surface area contributed by atoms with Gasteiger partial charge in [-0.1, -0.05) is 24.3 Å². The fourth-order valence-corrected chi connectivity index (χ4v) is 4.87. The van der Waals surface area contributed by atoms with E-state index in [0.717, 1.165) is 12.8 Å². The van der Waals surface area contributed by atoms with Crippen LogP contribution < -0.4 is 10.5 Å². The minimum Gasteiger partial charge on any atom is -0.369 e. The predicted octanol–water partition coefficient (Wildman–Crippen LogP) is 2.44. The zero-order valence-electron chi connectivity index (χ0n) is 13.4. The molecular weight excluding hydrogens is 322 g/mol. The van der Waals surface area contributed by atoms with Crippen molar-refractivity contribution in [3.63, 3.8) is 0 Å². The quantitative estimate of drug-likeness (QED) is 0.893. The van der Waals surface area contributed by atoms with Gasteiger partial charge in [0.1, 0.15) is 10.7 Å². The van der Waals surface area contributed by atoms with Crippen LogP contribution in [0.25, 0.3) is 0 Å². The Hall–Kier alpha value is -1.92. The molecular formula is C18H21N3O2S. The second kappa shape index (κ2) is 5.57. The molecule has 5 nitrogen and oxygen atoms in total. The van der Waals surface area contributed by atoms with Crippen molar-refractivity contribution < 1.29 is 8.42 Å². The lowest BCUT2D eigenvalue weighted by Crippen LogP contribution is -2.22. The van der Waals surface area contributed by atoms with Gasteiger partial charge in [-0.2, -0.15) is 0 Å². The molecule has 3 N–H and O–H groups in total. The minimum atomic E-state index is -3.77. The van der Waals surface area contributed by atoms with Crippen LogP contribution in [-0.2, 0) is 21.9 Å². The third-order valence-corrected chi connectivity index (χ3v) is 6.39. The summed E-state index contributed by atoms with van der Waals surface area (Å²) in [6, 6.07) is 11.8. The molecule has 6 heteroatoms. The lowest BCUT2D eigenvalue weighted by Gasteiger charge is -2.27. The molecule has 2 aliphatic rings. The molecule has 24 heavy (non-hydrogen) atoms. The SMILES string of the molecule is NS(=O)(=O)c1cccnc1NCC1CC12CCCc1ccccc12. The number of anilines is 1. The first kappa shape index (κ1) is 15.6. The molecule has 1 saturated carbocycles. The molecule has 2 atom stereocenters. The number of hydrogen-bond acceptors (Lipinski definition) is 4. The second-order valence-corrected chi connectivity index (χ2v) is 8.37. The first-order valence-electron chi connectivity index (χ1n) is 8.31. The fourth-order valence-electron chi connectivity index (χ4n) is 4.21. The normalized spacial score (nSPS) is 25.3. The number of hydrogen-bond donors (Lipinski definition) is 2. The Morgan fingerprint density at radius 1 is 1.25 bits per heavy atom. The van der Waals surface area contributed by atoms with E-state index in [-0.39, 0.29) is 10.3 Å². The van der Waals surface area contributed by atoms with Crippen LogP contribution in [0.1, 0.15) is 30.4 Å². The molecule has 0 amide bonds. The van der Waals surface area contributed by atoms with E-state index >= 15 is 0 Å². The summed E-state index contributed by atoms with van der Waals surface area (Å²) < 4.78 is 23.3. The molecule has 0 saturated heterocycles. The summed E-state index contributed by atoms with van der Waals surface area (Å²) in [7, 11) is -3.77. The molecule has 1 heterocycles. The van der Waals surface area contributed by atoms with E-state index in [2.05, 4.69) is 34.6 Å². The summed E-state index contributed by atoms with van der Waals surface area (Å²) in [4.78, 5) is 4.21. The van der Waals surface area contributed by atoms with Gasteiger partial charge in [-0.25, -0.2) is 18.5 Å². The number of nitrogens with one attached hydrogen (secondary N) is 1. The first-order valence-corrected chi connectivity index (χ1v) is 9.85. The van der Waals surface area contributed by atoms with Crippen LogP contribution in [-0.4, -0.2) is 19.9 Å². The molecule has 126 valence electrons. The highest BCUT2D eigenvalue weighted by Crippen LogP contribution is 2.60. The van der Waals surface area contributed by atoms with E-state index in [1.807, 2.05) is 0 Å². The van der Waals surface area contributed by atoms with Gasteiger partial charge in [-0.15, -0.1) is 0 Å². The van der Waals surface area contributed by atoms with Crippen molar-refractivity contribution in [2.75, 3.05) is 11.9 Å². The lowest BCUT2D eigenvalue weighted by atomic mass is 9.78. The highest BCUT2D eigenvalue weighted by atomic mass is 32.2. The van der Waals surface area contributed by atoms with Gasteiger partial charge in [0.25, 0.3) is 0 Å². The van der Waals surface area contributed by atoms with Crippen molar-refractivity contribution in [1.29, 1.82) is 0 Å². The molecule has 2 aliphatic carbocycles. The molecule has 0 aliphatic heterocycles. The largest absolute Gasteiger partial charge is 0.369 e. The molecule has 2 aromatic rings. The van der Waals surface area contributed by atoms with Crippen LogP contribution >= 0.6 is 0 Å². The standard InChI is InChI=1S/C18H21N3O2S/c19-24(22,23)16-8-4-10-20-17(16)21-12-14-11-18(14)9-3-6-13-5-1-2-7-15(13)18/h1-2,4-5,7-8,10,14H,3,6,9,11-12H2,(H,20,21)(H2,19,22,23). The highest BCUT2D eigenvalue weighted by molar-refractivity contribution is 7.89. The Morgan fingerprint density at radius 3 is 2.92 bits per heavy atom. The number of aromatic nitrogens is 1. The maximum Gasteiger partial charge on any atom is 0.241 e. The molecule has 4 rings (SSSR count). The summed E-state index contributed by atoms with van der Waals surface area (Å²) in [6.07, 6.45) is 6.32. The van der Waals surface area contributed by atoms with Gasteiger partial charge in [0.2, 0.25) is 10.0 Å². The average Bonchev–Trinajstić information content (AvgIpc) is 3.26. The Kier molecular flexibility index (Phi) is 3.62. The van der Waals surface area contributed by atoms with E-state index in [1.54, 1.807) is 12.3 Å². The number of fused-ring (bicyclic) bond motifs is 2. The van der Waals surface area contributed by atoms with Crippen LogP contribution in [0.2, 0.25) is 0 Å². The van der Waals surface area contributed by atoms with Crippen molar-refractivity contribution in [2.24, 2.45) is 11.1 Å². The summed E-state index contributed by atoms with van der Waals surface area (Å²) in [5.74, 6) is 0.862. The molecule has 1 fully saturated rings. The molecule has 1 spiro atoms. The number of rotatable bonds is 4. The predicted molar refractivity (Wildman–Crippen MR) is 93.3 cm³/mol. The fraction of sp³-hybridized carbons (Fsp3) is 0.389. The van der Waals surface area contributed by atoms with E-state index < -0.39 is 10.0 Å². The summed E-state index contributed by atoms with van der Waals surface area (Å²) >= 11 is 0.